The third kappa shape index (κ3) is 4.29. The molecule has 4 nitrogen and oxygen atoms in total. The van der Waals surface area contributed by atoms with E-state index in [9.17, 15) is 9.59 Å². The average molecular weight is 366 g/mol. The molecule has 0 aliphatic rings. The predicted octanol–water partition coefficient (Wildman–Crippen LogP) is 5.45. The van der Waals surface area contributed by atoms with Gasteiger partial charge in [0.1, 0.15) is 11.5 Å². The molecule has 1 amide bonds. The lowest BCUT2D eigenvalue weighted by atomic mass is 10.1. The monoisotopic (exact) mass is 365 g/mol. The van der Waals surface area contributed by atoms with Crippen LogP contribution in [0.25, 0.3) is 17.4 Å². The molecule has 1 aromatic heterocycles. The highest BCUT2D eigenvalue weighted by molar-refractivity contribution is 6.33. The number of rotatable bonds is 5. The molecule has 3 rings (SSSR count). The number of hydrogen-bond donors (Lipinski definition) is 1. The quantitative estimate of drug-likeness (QED) is 0.482. The van der Waals surface area contributed by atoms with E-state index in [0.717, 1.165) is 5.56 Å². The van der Waals surface area contributed by atoms with Gasteiger partial charge in [0.2, 0.25) is 5.91 Å². The standard InChI is InChI=1S/C21H16ClNO3/c1-14(24)23-16-8-6-15(7-9-16)20(25)12-10-17-11-13-21(26-17)18-4-2-3-5-19(18)22/h2-13H,1H3,(H,23,24)/b12-10+. The van der Waals surface area contributed by atoms with Crippen LogP contribution in [0.3, 0.4) is 0 Å². The van der Waals surface area contributed by atoms with E-state index in [1.54, 1.807) is 42.5 Å². The molecule has 0 saturated heterocycles. The molecule has 0 bridgehead atoms. The van der Waals surface area contributed by atoms with Crippen LogP contribution in [0.15, 0.2) is 71.2 Å². The van der Waals surface area contributed by atoms with Gasteiger partial charge in [0, 0.05) is 23.7 Å². The molecule has 1 N–H and O–H groups in total. The normalized spacial score (nSPS) is 10.8. The molecule has 0 aliphatic heterocycles. The summed E-state index contributed by atoms with van der Waals surface area (Å²) in [6.07, 6.45) is 3.06. The molecule has 0 fully saturated rings. The van der Waals surface area contributed by atoms with Crippen molar-refractivity contribution < 1.29 is 14.0 Å². The zero-order valence-electron chi connectivity index (χ0n) is 14.0. The molecule has 0 unspecified atom stereocenters. The Morgan fingerprint density at radius 3 is 2.42 bits per heavy atom. The van der Waals surface area contributed by atoms with Crippen LogP contribution >= 0.6 is 11.6 Å². The molecule has 5 heteroatoms. The zero-order chi connectivity index (χ0) is 18.5. The summed E-state index contributed by atoms with van der Waals surface area (Å²) < 4.78 is 5.73. The Kier molecular flexibility index (Phi) is 5.34. The summed E-state index contributed by atoms with van der Waals surface area (Å²) in [4.78, 5) is 23.3. The minimum absolute atomic E-state index is 0.156. The minimum atomic E-state index is -0.157. The van der Waals surface area contributed by atoms with Gasteiger partial charge in [0.25, 0.3) is 0 Å². The van der Waals surface area contributed by atoms with Gasteiger partial charge in [-0.05, 0) is 60.7 Å². The van der Waals surface area contributed by atoms with Gasteiger partial charge in [0.15, 0.2) is 5.78 Å². The second-order valence-electron chi connectivity index (χ2n) is 5.64. The first kappa shape index (κ1) is 17.7. The molecule has 130 valence electrons. The summed E-state index contributed by atoms with van der Waals surface area (Å²) in [5, 5.41) is 3.26. The maximum atomic E-state index is 12.2. The lowest BCUT2D eigenvalue weighted by molar-refractivity contribution is -0.114. The van der Waals surface area contributed by atoms with Crippen LogP contribution < -0.4 is 5.32 Å². The third-order valence-corrected chi connectivity index (χ3v) is 3.98. The van der Waals surface area contributed by atoms with Crippen LogP contribution in [0, 0.1) is 0 Å². The number of carbonyl (C=O) groups excluding carboxylic acids is 2. The number of carbonyl (C=O) groups is 2. The summed E-state index contributed by atoms with van der Waals surface area (Å²) in [6, 6.07) is 17.7. The van der Waals surface area contributed by atoms with E-state index in [1.165, 1.54) is 13.0 Å². The largest absolute Gasteiger partial charge is 0.457 e. The number of hydrogen-bond acceptors (Lipinski definition) is 3. The van der Waals surface area contributed by atoms with E-state index >= 15 is 0 Å². The Balaban J connectivity index is 1.71. The van der Waals surface area contributed by atoms with Gasteiger partial charge in [-0.1, -0.05) is 23.7 Å². The summed E-state index contributed by atoms with van der Waals surface area (Å²) >= 11 is 6.16. The maximum Gasteiger partial charge on any atom is 0.221 e. The van der Waals surface area contributed by atoms with Gasteiger partial charge < -0.3 is 9.73 Å². The fourth-order valence-corrected chi connectivity index (χ4v) is 2.65. The smallest absolute Gasteiger partial charge is 0.221 e. The second-order valence-corrected chi connectivity index (χ2v) is 6.05. The van der Waals surface area contributed by atoms with Crippen LogP contribution in [0.4, 0.5) is 5.69 Å². The van der Waals surface area contributed by atoms with E-state index in [0.29, 0.717) is 27.8 Å². The van der Waals surface area contributed by atoms with Crippen molar-refractivity contribution in [2.45, 2.75) is 6.92 Å². The second kappa shape index (κ2) is 7.85. The molecular formula is C21H16ClNO3. The Morgan fingerprint density at radius 1 is 1.00 bits per heavy atom. The molecule has 0 aliphatic carbocycles. The summed E-state index contributed by atoms with van der Waals surface area (Å²) in [5.41, 5.74) is 1.97. The van der Waals surface area contributed by atoms with Gasteiger partial charge in [-0.15, -0.1) is 0 Å². The highest BCUT2D eigenvalue weighted by Gasteiger charge is 2.07. The van der Waals surface area contributed by atoms with Gasteiger partial charge >= 0.3 is 0 Å². The summed E-state index contributed by atoms with van der Waals surface area (Å²) in [6.45, 7) is 1.43. The zero-order valence-corrected chi connectivity index (χ0v) is 14.8. The Morgan fingerprint density at radius 2 is 1.73 bits per heavy atom. The first-order valence-corrected chi connectivity index (χ1v) is 8.35. The van der Waals surface area contributed by atoms with Crippen LogP contribution in [0.1, 0.15) is 23.0 Å². The van der Waals surface area contributed by atoms with Crippen molar-refractivity contribution in [3.8, 4) is 11.3 Å². The molecule has 0 atom stereocenters. The molecule has 0 spiro atoms. The molecule has 26 heavy (non-hydrogen) atoms. The number of ketones is 1. The van der Waals surface area contributed by atoms with Gasteiger partial charge in [-0.25, -0.2) is 0 Å². The Hall–Kier alpha value is -3.11. The average Bonchev–Trinajstić information content (AvgIpc) is 3.09. The van der Waals surface area contributed by atoms with Gasteiger partial charge in [-0.2, -0.15) is 0 Å². The van der Waals surface area contributed by atoms with Crippen LogP contribution in [0.5, 0.6) is 0 Å². The van der Waals surface area contributed by atoms with Crippen molar-refractivity contribution in [1.29, 1.82) is 0 Å². The third-order valence-electron chi connectivity index (χ3n) is 3.65. The highest BCUT2D eigenvalue weighted by Crippen LogP contribution is 2.29. The van der Waals surface area contributed by atoms with Crippen molar-refractivity contribution in [3.05, 3.63) is 83.1 Å². The fraction of sp³-hybridized carbons (Fsp3) is 0.0476. The molecular weight excluding hydrogens is 350 g/mol. The van der Waals surface area contributed by atoms with Crippen LogP contribution in [-0.4, -0.2) is 11.7 Å². The Bertz CT molecular complexity index is 971. The minimum Gasteiger partial charge on any atom is -0.457 e. The summed E-state index contributed by atoms with van der Waals surface area (Å²) in [7, 11) is 0. The number of amides is 1. The summed E-state index contributed by atoms with van der Waals surface area (Å²) in [5.74, 6) is 0.886. The van der Waals surface area contributed by atoms with E-state index in [1.807, 2.05) is 24.3 Å². The molecule has 1 heterocycles. The number of allylic oxidation sites excluding steroid dienone is 1. The van der Waals surface area contributed by atoms with Gasteiger partial charge in [-0.3, -0.25) is 9.59 Å². The number of benzene rings is 2. The van der Waals surface area contributed by atoms with Crippen molar-refractivity contribution in [3.63, 3.8) is 0 Å². The molecule has 3 aromatic rings. The van der Waals surface area contributed by atoms with E-state index in [-0.39, 0.29) is 11.7 Å². The van der Waals surface area contributed by atoms with Gasteiger partial charge in [0.05, 0.1) is 5.02 Å². The number of furan rings is 1. The SMILES string of the molecule is CC(=O)Nc1ccc(C(=O)/C=C/c2ccc(-c3ccccc3Cl)o2)cc1. The number of halogens is 1. The maximum absolute atomic E-state index is 12.2. The lowest BCUT2D eigenvalue weighted by Gasteiger charge is -2.02. The molecule has 0 radical (unpaired) electrons. The lowest BCUT2D eigenvalue weighted by Crippen LogP contribution is -2.05. The van der Waals surface area contributed by atoms with E-state index in [2.05, 4.69) is 5.32 Å². The van der Waals surface area contributed by atoms with Crippen molar-refractivity contribution >= 4 is 35.1 Å². The Labute approximate surface area is 156 Å². The predicted molar refractivity (Wildman–Crippen MR) is 103 cm³/mol. The molecule has 2 aromatic carbocycles. The first-order valence-electron chi connectivity index (χ1n) is 7.98. The van der Waals surface area contributed by atoms with E-state index < -0.39 is 0 Å². The number of nitrogens with one attached hydrogen (secondary N) is 1. The van der Waals surface area contributed by atoms with E-state index in [4.69, 9.17) is 16.0 Å². The number of anilines is 1. The van der Waals surface area contributed by atoms with Crippen molar-refractivity contribution in [2.75, 3.05) is 5.32 Å². The van der Waals surface area contributed by atoms with Crippen LogP contribution in [-0.2, 0) is 4.79 Å². The van der Waals surface area contributed by atoms with Crippen molar-refractivity contribution in [1.82, 2.24) is 0 Å². The fourth-order valence-electron chi connectivity index (χ4n) is 2.42. The first-order chi connectivity index (χ1) is 12.5. The van der Waals surface area contributed by atoms with Crippen LogP contribution in [0.2, 0.25) is 5.02 Å². The van der Waals surface area contributed by atoms with Crippen molar-refractivity contribution in [2.24, 2.45) is 0 Å². The topological polar surface area (TPSA) is 59.3 Å². The highest BCUT2D eigenvalue weighted by atomic mass is 35.5. The molecule has 0 saturated carbocycles.